The van der Waals surface area contributed by atoms with Crippen LogP contribution in [0.1, 0.15) is 11.1 Å². The molecule has 1 aromatic rings. The Kier molecular flexibility index (Phi) is 3.52. The largest absolute Gasteiger partial charge is 0.305 e. The van der Waals surface area contributed by atoms with Gasteiger partial charge in [-0.05, 0) is 44.3 Å². The fraction of sp³-hybridized carbons (Fsp3) is 0.455. The van der Waals surface area contributed by atoms with Crippen molar-refractivity contribution in [3.05, 3.63) is 29.3 Å². The summed E-state index contributed by atoms with van der Waals surface area (Å²) in [6.07, 6.45) is 1.24. The molecule has 0 atom stereocenters. The van der Waals surface area contributed by atoms with E-state index in [4.69, 9.17) is 0 Å². The number of sulfone groups is 1. The van der Waals surface area contributed by atoms with E-state index in [1.807, 2.05) is 32.0 Å². The third-order valence-electron chi connectivity index (χ3n) is 2.04. The molecule has 0 saturated heterocycles. The number of hydrogen-bond acceptors (Lipinski definition) is 3. The molecule has 0 aliphatic carbocycles. The molecule has 0 saturated carbocycles. The van der Waals surface area contributed by atoms with Crippen molar-refractivity contribution in [1.29, 1.82) is 0 Å². The minimum Gasteiger partial charge on any atom is -0.305 e. The molecule has 1 aromatic carbocycles. The van der Waals surface area contributed by atoms with Crippen molar-refractivity contribution in [1.82, 2.24) is 4.90 Å². The van der Waals surface area contributed by atoms with E-state index in [0.29, 0.717) is 4.90 Å². The molecule has 0 aliphatic heterocycles. The van der Waals surface area contributed by atoms with Crippen LogP contribution in [0.5, 0.6) is 0 Å². The second-order valence-electron chi connectivity index (χ2n) is 4.16. The lowest BCUT2D eigenvalue weighted by atomic mass is 10.1. The summed E-state index contributed by atoms with van der Waals surface area (Å²) in [5, 5.41) is 0. The van der Waals surface area contributed by atoms with E-state index in [1.165, 1.54) is 6.26 Å². The van der Waals surface area contributed by atoms with Crippen molar-refractivity contribution in [2.75, 3.05) is 20.4 Å². The van der Waals surface area contributed by atoms with Crippen LogP contribution in [0.2, 0.25) is 0 Å². The first-order chi connectivity index (χ1) is 6.79. The molecule has 0 fully saturated rings. The van der Waals surface area contributed by atoms with Gasteiger partial charge in [-0.3, -0.25) is 0 Å². The van der Waals surface area contributed by atoms with Crippen molar-refractivity contribution < 1.29 is 8.42 Å². The molecule has 0 N–H and O–H groups in total. The summed E-state index contributed by atoms with van der Waals surface area (Å²) in [6, 6.07) is 5.45. The lowest BCUT2D eigenvalue weighted by molar-refractivity contribution is 0.402. The molecule has 0 unspecified atom stereocenters. The lowest BCUT2D eigenvalue weighted by Crippen LogP contribution is -2.11. The molecule has 15 heavy (non-hydrogen) atoms. The van der Waals surface area contributed by atoms with E-state index in [-0.39, 0.29) is 0 Å². The zero-order chi connectivity index (χ0) is 11.6. The summed E-state index contributed by atoms with van der Waals surface area (Å²) in [4.78, 5) is 2.42. The zero-order valence-electron chi connectivity index (χ0n) is 9.61. The normalized spacial score (nSPS) is 12.1. The Hall–Kier alpha value is -0.870. The summed E-state index contributed by atoms with van der Waals surface area (Å²) < 4.78 is 22.8. The van der Waals surface area contributed by atoms with E-state index >= 15 is 0 Å². The Labute approximate surface area is 91.6 Å². The maximum Gasteiger partial charge on any atom is 0.175 e. The van der Waals surface area contributed by atoms with E-state index in [0.717, 1.165) is 17.7 Å². The van der Waals surface area contributed by atoms with Crippen LogP contribution in [0.25, 0.3) is 0 Å². The zero-order valence-corrected chi connectivity index (χ0v) is 10.4. The summed E-state index contributed by atoms with van der Waals surface area (Å²) in [5.41, 5.74) is 2.01. The van der Waals surface area contributed by atoms with Gasteiger partial charge in [-0.1, -0.05) is 6.07 Å². The van der Waals surface area contributed by atoms with Gasteiger partial charge >= 0.3 is 0 Å². The highest BCUT2D eigenvalue weighted by atomic mass is 32.2. The van der Waals surface area contributed by atoms with E-state index < -0.39 is 9.84 Å². The first-order valence-corrected chi connectivity index (χ1v) is 6.63. The molecule has 0 spiro atoms. The maximum atomic E-state index is 11.4. The van der Waals surface area contributed by atoms with Crippen LogP contribution >= 0.6 is 0 Å². The van der Waals surface area contributed by atoms with Crippen molar-refractivity contribution in [3.63, 3.8) is 0 Å². The first-order valence-electron chi connectivity index (χ1n) is 4.74. The fourth-order valence-electron chi connectivity index (χ4n) is 1.50. The number of nitrogens with zero attached hydrogens (tertiary/aromatic N) is 1. The molecule has 84 valence electrons. The quantitative estimate of drug-likeness (QED) is 0.784. The SMILES string of the molecule is Cc1cc(CN(C)C)cc(S(C)(=O)=O)c1. The van der Waals surface area contributed by atoms with Crippen molar-refractivity contribution >= 4 is 9.84 Å². The minimum absolute atomic E-state index is 0.402. The average Bonchev–Trinajstić information content (AvgIpc) is 1.99. The predicted octanol–water partition coefficient (Wildman–Crippen LogP) is 1.46. The van der Waals surface area contributed by atoms with Gasteiger partial charge in [0.2, 0.25) is 0 Å². The highest BCUT2D eigenvalue weighted by molar-refractivity contribution is 7.90. The van der Waals surface area contributed by atoms with Crippen LogP contribution < -0.4 is 0 Å². The van der Waals surface area contributed by atoms with Crippen LogP contribution in [0, 0.1) is 6.92 Å². The van der Waals surface area contributed by atoms with Gasteiger partial charge in [0, 0.05) is 12.8 Å². The number of hydrogen-bond donors (Lipinski definition) is 0. The molecule has 1 rings (SSSR count). The van der Waals surface area contributed by atoms with Gasteiger partial charge in [0.1, 0.15) is 0 Å². The van der Waals surface area contributed by atoms with Gasteiger partial charge in [0.05, 0.1) is 4.90 Å². The summed E-state index contributed by atoms with van der Waals surface area (Å²) in [6.45, 7) is 2.66. The molecule has 0 aliphatic rings. The summed E-state index contributed by atoms with van der Waals surface area (Å²) in [7, 11) is 0.819. The van der Waals surface area contributed by atoms with Gasteiger partial charge in [0.15, 0.2) is 9.84 Å². The van der Waals surface area contributed by atoms with Gasteiger partial charge in [-0.15, -0.1) is 0 Å². The molecule has 0 heterocycles. The van der Waals surface area contributed by atoms with Crippen LogP contribution in [-0.4, -0.2) is 33.7 Å². The number of aryl methyl sites for hydroxylation is 1. The van der Waals surface area contributed by atoms with E-state index in [2.05, 4.69) is 0 Å². The molecule has 0 aromatic heterocycles. The molecule has 3 nitrogen and oxygen atoms in total. The summed E-state index contributed by atoms with van der Waals surface area (Å²) >= 11 is 0. The van der Waals surface area contributed by atoms with Crippen LogP contribution in [0.4, 0.5) is 0 Å². The Morgan fingerprint density at radius 1 is 1.20 bits per heavy atom. The van der Waals surface area contributed by atoms with Crippen molar-refractivity contribution in [2.24, 2.45) is 0 Å². The van der Waals surface area contributed by atoms with E-state index in [9.17, 15) is 8.42 Å². The molecule has 0 bridgehead atoms. The predicted molar refractivity (Wildman–Crippen MR) is 61.7 cm³/mol. The lowest BCUT2D eigenvalue weighted by Gasteiger charge is -2.11. The maximum absolute atomic E-state index is 11.4. The Morgan fingerprint density at radius 3 is 2.27 bits per heavy atom. The smallest absolute Gasteiger partial charge is 0.175 e. The topological polar surface area (TPSA) is 37.4 Å². The highest BCUT2D eigenvalue weighted by Gasteiger charge is 2.09. The standard InChI is InChI=1S/C11H17NO2S/c1-9-5-10(8-12(2)3)7-11(6-9)15(4,13)14/h5-7H,8H2,1-4H3. The Morgan fingerprint density at radius 2 is 1.80 bits per heavy atom. The van der Waals surface area contributed by atoms with Gasteiger partial charge < -0.3 is 4.90 Å². The average molecular weight is 227 g/mol. The third-order valence-corrected chi connectivity index (χ3v) is 3.13. The third kappa shape index (κ3) is 3.64. The summed E-state index contributed by atoms with van der Waals surface area (Å²) in [5.74, 6) is 0. The molecule has 4 heteroatoms. The van der Waals surface area contributed by atoms with Crippen LogP contribution in [0.15, 0.2) is 23.1 Å². The van der Waals surface area contributed by atoms with Gasteiger partial charge in [-0.25, -0.2) is 8.42 Å². The fourth-order valence-corrected chi connectivity index (χ4v) is 2.26. The number of rotatable bonds is 3. The minimum atomic E-state index is -3.10. The van der Waals surface area contributed by atoms with Gasteiger partial charge in [0.25, 0.3) is 0 Å². The molecule has 0 amide bonds. The molecular weight excluding hydrogens is 210 g/mol. The monoisotopic (exact) mass is 227 g/mol. The van der Waals surface area contributed by atoms with Crippen LogP contribution in [-0.2, 0) is 16.4 Å². The second-order valence-corrected chi connectivity index (χ2v) is 6.18. The highest BCUT2D eigenvalue weighted by Crippen LogP contribution is 2.15. The molecule has 0 radical (unpaired) electrons. The first kappa shape index (κ1) is 12.2. The van der Waals surface area contributed by atoms with Gasteiger partial charge in [-0.2, -0.15) is 0 Å². The Balaban J connectivity index is 3.17. The van der Waals surface area contributed by atoms with E-state index in [1.54, 1.807) is 12.1 Å². The van der Waals surface area contributed by atoms with Crippen LogP contribution in [0.3, 0.4) is 0 Å². The van der Waals surface area contributed by atoms with Crippen molar-refractivity contribution in [2.45, 2.75) is 18.4 Å². The second kappa shape index (κ2) is 4.33. The molecular formula is C11H17NO2S. The van der Waals surface area contributed by atoms with Crippen molar-refractivity contribution in [3.8, 4) is 0 Å². The number of benzene rings is 1. The Bertz CT molecular complexity index is 450.